The number of hydrogen-bond acceptors (Lipinski definition) is 7. The van der Waals surface area contributed by atoms with Crippen molar-refractivity contribution in [3.63, 3.8) is 0 Å². The van der Waals surface area contributed by atoms with Gasteiger partial charge in [-0.1, -0.05) is 12.1 Å². The van der Waals surface area contributed by atoms with Crippen LogP contribution in [0.25, 0.3) is 0 Å². The van der Waals surface area contributed by atoms with Crippen molar-refractivity contribution in [3.8, 4) is 0 Å². The van der Waals surface area contributed by atoms with Crippen LogP contribution in [0.5, 0.6) is 0 Å². The summed E-state index contributed by atoms with van der Waals surface area (Å²) in [6.07, 6.45) is -1.50. The zero-order valence-electron chi connectivity index (χ0n) is 18.5. The maximum atomic E-state index is 12.3. The Hall–Kier alpha value is -2.94. The van der Waals surface area contributed by atoms with Gasteiger partial charge in [0, 0.05) is 37.6 Å². The van der Waals surface area contributed by atoms with Gasteiger partial charge in [0.25, 0.3) is 0 Å². The lowest BCUT2D eigenvalue weighted by molar-refractivity contribution is 0.00854. The van der Waals surface area contributed by atoms with E-state index in [4.69, 9.17) is 14.2 Å². The quantitative estimate of drug-likeness (QED) is 0.642. The van der Waals surface area contributed by atoms with Gasteiger partial charge in [-0.15, -0.1) is 0 Å². The number of carbonyl (C=O) groups excluding carboxylic acids is 2. The Morgan fingerprint density at radius 1 is 1.00 bits per heavy atom. The van der Waals surface area contributed by atoms with E-state index in [2.05, 4.69) is 39.8 Å². The summed E-state index contributed by atoms with van der Waals surface area (Å²) < 4.78 is 17.3. The van der Waals surface area contributed by atoms with Crippen LogP contribution in [0.15, 0.2) is 48.5 Å². The summed E-state index contributed by atoms with van der Waals surface area (Å²) in [6.45, 7) is 3.00. The Balaban J connectivity index is 1.26. The second-order valence-electron chi connectivity index (χ2n) is 8.35. The van der Waals surface area contributed by atoms with Gasteiger partial charge in [-0.05, 0) is 48.9 Å². The van der Waals surface area contributed by atoms with Crippen molar-refractivity contribution in [1.82, 2.24) is 5.32 Å². The number of carbonyl (C=O) groups is 2. The maximum absolute atomic E-state index is 12.3. The number of fused-ring (bicyclic) bond motifs is 1. The number of nitrogens with zero attached hydrogens (tertiary/aromatic N) is 1. The van der Waals surface area contributed by atoms with Crippen LogP contribution in [-0.2, 0) is 20.8 Å². The molecule has 0 spiro atoms. The van der Waals surface area contributed by atoms with Gasteiger partial charge in [0.15, 0.2) is 11.9 Å². The second-order valence-corrected chi connectivity index (χ2v) is 8.35. The summed E-state index contributed by atoms with van der Waals surface area (Å²) in [7, 11) is 4.04. The SMILES string of the molecule is CC(=O)c1ccc(NC(=O)OC2COC3C(NCc4ccc(N(C)C)cc4)COC23)cc1. The highest BCUT2D eigenvalue weighted by atomic mass is 16.6. The summed E-state index contributed by atoms with van der Waals surface area (Å²) in [5.41, 5.74) is 3.48. The molecule has 32 heavy (non-hydrogen) atoms. The molecule has 1 amide bonds. The molecular weight excluding hydrogens is 410 g/mol. The molecule has 2 saturated heterocycles. The minimum atomic E-state index is -0.573. The predicted octanol–water partition coefficient (Wildman–Crippen LogP) is 2.83. The van der Waals surface area contributed by atoms with Gasteiger partial charge >= 0.3 is 6.09 Å². The molecule has 4 rings (SSSR count). The molecule has 0 aromatic heterocycles. The fraction of sp³-hybridized carbons (Fsp3) is 0.417. The maximum Gasteiger partial charge on any atom is 0.412 e. The molecule has 8 heteroatoms. The summed E-state index contributed by atoms with van der Waals surface area (Å²) in [6, 6.07) is 15.1. The van der Waals surface area contributed by atoms with Crippen LogP contribution in [0.3, 0.4) is 0 Å². The molecule has 4 unspecified atom stereocenters. The molecular formula is C24H29N3O5. The normalized spacial score (nSPS) is 24.1. The van der Waals surface area contributed by atoms with Crippen LogP contribution >= 0.6 is 0 Å². The molecule has 2 heterocycles. The van der Waals surface area contributed by atoms with Crippen molar-refractivity contribution in [2.45, 2.75) is 37.8 Å². The number of nitrogens with one attached hydrogen (secondary N) is 2. The second kappa shape index (κ2) is 9.68. The molecule has 0 radical (unpaired) electrons. The monoisotopic (exact) mass is 439 g/mol. The fourth-order valence-corrected chi connectivity index (χ4v) is 3.97. The highest BCUT2D eigenvalue weighted by Crippen LogP contribution is 2.29. The number of ether oxygens (including phenoxy) is 3. The number of hydrogen-bond donors (Lipinski definition) is 2. The molecule has 2 fully saturated rings. The van der Waals surface area contributed by atoms with E-state index in [1.807, 2.05) is 14.1 Å². The number of amides is 1. The molecule has 2 N–H and O–H groups in total. The van der Waals surface area contributed by atoms with Gasteiger partial charge < -0.3 is 24.4 Å². The number of benzene rings is 2. The highest BCUT2D eigenvalue weighted by molar-refractivity contribution is 5.94. The zero-order valence-corrected chi connectivity index (χ0v) is 18.5. The van der Waals surface area contributed by atoms with Crippen LogP contribution in [0.4, 0.5) is 16.2 Å². The minimum absolute atomic E-state index is 0.0274. The van der Waals surface area contributed by atoms with Gasteiger partial charge in [0.2, 0.25) is 0 Å². The van der Waals surface area contributed by atoms with Crippen LogP contribution in [0.2, 0.25) is 0 Å². The third-order valence-electron chi connectivity index (χ3n) is 5.83. The van der Waals surface area contributed by atoms with E-state index in [1.54, 1.807) is 24.3 Å². The molecule has 0 saturated carbocycles. The molecule has 2 aliphatic heterocycles. The summed E-state index contributed by atoms with van der Waals surface area (Å²) in [4.78, 5) is 25.7. The first kappa shape index (κ1) is 22.3. The van der Waals surface area contributed by atoms with Crippen LogP contribution < -0.4 is 15.5 Å². The van der Waals surface area contributed by atoms with E-state index >= 15 is 0 Å². The molecule has 2 aliphatic rings. The molecule has 2 aromatic rings. The van der Waals surface area contributed by atoms with Gasteiger partial charge in [-0.2, -0.15) is 0 Å². The zero-order chi connectivity index (χ0) is 22.7. The first-order valence-electron chi connectivity index (χ1n) is 10.7. The number of ketones is 1. The Morgan fingerprint density at radius 2 is 1.69 bits per heavy atom. The van der Waals surface area contributed by atoms with Gasteiger partial charge in [-0.25, -0.2) is 4.79 Å². The average Bonchev–Trinajstić information content (AvgIpc) is 3.36. The van der Waals surface area contributed by atoms with E-state index in [1.165, 1.54) is 12.5 Å². The summed E-state index contributed by atoms with van der Waals surface area (Å²) >= 11 is 0. The summed E-state index contributed by atoms with van der Waals surface area (Å²) in [5, 5.41) is 6.18. The molecule has 0 aliphatic carbocycles. The highest BCUT2D eigenvalue weighted by Gasteiger charge is 2.49. The lowest BCUT2D eigenvalue weighted by Crippen LogP contribution is -2.41. The van der Waals surface area contributed by atoms with Crippen molar-refractivity contribution in [3.05, 3.63) is 59.7 Å². The first-order chi connectivity index (χ1) is 15.4. The Labute approximate surface area is 187 Å². The van der Waals surface area contributed by atoms with Gasteiger partial charge in [-0.3, -0.25) is 10.1 Å². The molecule has 4 atom stereocenters. The predicted molar refractivity (Wildman–Crippen MR) is 121 cm³/mol. The largest absolute Gasteiger partial charge is 0.441 e. The van der Waals surface area contributed by atoms with Crippen molar-refractivity contribution in [1.29, 1.82) is 0 Å². The van der Waals surface area contributed by atoms with Gasteiger partial charge in [0.1, 0.15) is 12.2 Å². The van der Waals surface area contributed by atoms with Crippen molar-refractivity contribution >= 4 is 23.3 Å². The van der Waals surface area contributed by atoms with Crippen LogP contribution in [-0.4, -0.2) is 63.5 Å². The van der Waals surface area contributed by atoms with Crippen molar-refractivity contribution in [2.24, 2.45) is 0 Å². The van der Waals surface area contributed by atoms with Crippen molar-refractivity contribution in [2.75, 3.05) is 37.5 Å². The van der Waals surface area contributed by atoms with E-state index in [-0.39, 0.29) is 24.0 Å². The molecule has 0 bridgehead atoms. The molecule has 8 nitrogen and oxygen atoms in total. The van der Waals surface area contributed by atoms with Crippen LogP contribution in [0.1, 0.15) is 22.8 Å². The van der Waals surface area contributed by atoms with Gasteiger partial charge in [0.05, 0.1) is 19.3 Å². The van der Waals surface area contributed by atoms with E-state index in [9.17, 15) is 9.59 Å². The summed E-state index contributed by atoms with van der Waals surface area (Å²) in [5.74, 6) is -0.0274. The average molecular weight is 440 g/mol. The third kappa shape index (κ3) is 5.09. The van der Waals surface area contributed by atoms with E-state index < -0.39 is 12.2 Å². The topological polar surface area (TPSA) is 89.1 Å². The number of rotatable bonds is 7. The lowest BCUT2D eigenvalue weighted by atomic mass is 10.1. The third-order valence-corrected chi connectivity index (χ3v) is 5.83. The van der Waals surface area contributed by atoms with Crippen molar-refractivity contribution < 1.29 is 23.8 Å². The molecule has 170 valence electrons. The number of Topliss-reactive ketones (excluding diaryl/α,β-unsaturated/α-hetero) is 1. The first-order valence-corrected chi connectivity index (χ1v) is 10.7. The lowest BCUT2D eigenvalue weighted by Gasteiger charge is -2.18. The van der Waals surface area contributed by atoms with E-state index in [0.717, 1.165) is 5.69 Å². The number of anilines is 2. The molecule has 2 aromatic carbocycles. The van der Waals surface area contributed by atoms with E-state index in [0.29, 0.717) is 31.0 Å². The minimum Gasteiger partial charge on any atom is -0.441 e. The smallest absolute Gasteiger partial charge is 0.412 e. The Bertz CT molecular complexity index is 945. The fourth-order valence-electron chi connectivity index (χ4n) is 3.97. The Morgan fingerprint density at radius 3 is 2.34 bits per heavy atom. The van der Waals surface area contributed by atoms with Crippen LogP contribution in [0, 0.1) is 0 Å². The standard InChI is InChI=1S/C24H29N3O5/c1-15(28)17-6-8-18(9-7-17)26-24(29)32-21-14-31-22-20(13-30-23(21)22)25-12-16-4-10-19(11-5-16)27(2)3/h4-11,20-23,25H,12-14H2,1-3H3,(H,26,29). The Kier molecular flexibility index (Phi) is 6.74.